The minimum Gasteiger partial charge on any atom is -0.324 e. The summed E-state index contributed by atoms with van der Waals surface area (Å²) >= 11 is 5.93. The van der Waals surface area contributed by atoms with Crippen LogP contribution in [0, 0.1) is 5.82 Å². The van der Waals surface area contributed by atoms with E-state index in [2.05, 4.69) is 0 Å². The van der Waals surface area contributed by atoms with E-state index in [4.69, 9.17) is 17.3 Å². The number of hydrogen-bond acceptors (Lipinski definition) is 1. The second kappa shape index (κ2) is 8.97. The Morgan fingerprint density at radius 3 is 2.28 bits per heavy atom. The minimum absolute atomic E-state index is 0.0879. The summed E-state index contributed by atoms with van der Waals surface area (Å²) in [5, 5.41) is 0.488. The summed E-state index contributed by atoms with van der Waals surface area (Å²) in [5.74, 6) is -0.840. The quantitative estimate of drug-likeness (QED) is 0.450. The Bertz CT molecular complexity index is 970. The van der Waals surface area contributed by atoms with Gasteiger partial charge in [-0.15, -0.1) is 0 Å². The minimum atomic E-state index is -4.63. The molecule has 3 rings (SSSR count). The molecule has 0 saturated carbocycles. The van der Waals surface area contributed by atoms with E-state index in [0.717, 1.165) is 17.2 Å². The van der Waals surface area contributed by atoms with Gasteiger partial charge < -0.3 is 5.73 Å². The average molecular weight is 422 g/mol. The van der Waals surface area contributed by atoms with Crippen molar-refractivity contribution in [3.05, 3.63) is 105 Å². The largest absolute Gasteiger partial charge is 0.416 e. The van der Waals surface area contributed by atoms with Crippen molar-refractivity contribution in [1.29, 1.82) is 0 Å². The third kappa shape index (κ3) is 5.37. The Morgan fingerprint density at radius 1 is 0.897 bits per heavy atom. The topological polar surface area (TPSA) is 26.0 Å². The van der Waals surface area contributed by atoms with E-state index < -0.39 is 23.6 Å². The van der Waals surface area contributed by atoms with Crippen LogP contribution in [0.1, 0.15) is 33.9 Å². The van der Waals surface area contributed by atoms with Crippen LogP contribution in [-0.2, 0) is 25.4 Å². The molecule has 29 heavy (non-hydrogen) atoms. The molecule has 3 aromatic carbocycles. The maximum Gasteiger partial charge on any atom is 0.416 e. The van der Waals surface area contributed by atoms with Gasteiger partial charge in [0.15, 0.2) is 0 Å². The van der Waals surface area contributed by atoms with E-state index in [0.29, 0.717) is 5.02 Å². The Balaban J connectivity index is 1.90. The molecule has 0 aromatic heterocycles. The first-order valence-corrected chi connectivity index (χ1v) is 9.56. The molecular formula is C23H20ClF4N. The molecule has 0 aliphatic carbocycles. The molecule has 0 spiro atoms. The van der Waals surface area contributed by atoms with E-state index in [9.17, 15) is 13.2 Å². The van der Waals surface area contributed by atoms with Gasteiger partial charge in [-0.2, -0.15) is 13.2 Å². The number of halogens is 5. The van der Waals surface area contributed by atoms with Gasteiger partial charge in [0.2, 0.25) is 0 Å². The number of aryl methyl sites for hydroxylation is 1. The lowest BCUT2D eigenvalue weighted by molar-refractivity contribution is -0.138. The highest BCUT2D eigenvalue weighted by Crippen LogP contribution is 2.35. The van der Waals surface area contributed by atoms with E-state index in [1.54, 1.807) is 24.3 Å². The van der Waals surface area contributed by atoms with E-state index in [1.807, 2.05) is 30.3 Å². The summed E-state index contributed by atoms with van der Waals surface area (Å²) < 4.78 is 55.5. The molecule has 0 radical (unpaired) electrons. The van der Waals surface area contributed by atoms with Gasteiger partial charge in [0.1, 0.15) is 5.82 Å². The zero-order chi connectivity index (χ0) is 21.0. The van der Waals surface area contributed by atoms with Crippen LogP contribution in [0.15, 0.2) is 66.7 Å². The van der Waals surface area contributed by atoms with E-state index in [1.165, 1.54) is 6.07 Å². The van der Waals surface area contributed by atoms with E-state index >= 15 is 4.39 Å². The van der Waals surface area contributed by atoms with Crippen LogP contribution in [0.2, 0.25) is 5.02 Å². The van der Waals surface area contributed by atoms with Crippen LogP contribution in [-0.4, -0.2) is 0 Å². The van der Waals surface area contributed by atoms with Gasteiger partial charge in [-0.3, -0.25) is 0 Å². The first-order chi connectivity index (χ1) is 13.8. The van der Waals surface area contributed by atoms with Crippen LogP contribution in [0.5, 0.6) is 0 Å². The lowest BCUT2D eigenvalue weighted by Gasteiger charge is -2.18. The standard InChI is InChI=1S/C23H20ClF4N/c24-18-8-4-5-15(13-18)9-11-19-20(23(26,27)28)12-10-17(22(19)25)14-21(29)16-6-2-1-3-7-16/h1-8,10,12-13,21H,9,11,14,29H2/t21-/m1/s1. The average Bonchev–Trinajstić information content (AvgIpc) is 2.68. The lowest BCUT2D eigenvalue weighted by atomic mass is 9.92. The maximum atomic E-state index is 15.1. The molecule has 0 bridgehead atoms. The number of benzene rings is 3. The third-order valence-electron chi connectivity index (χ3n) is 4.85. The van der Waals surface area contributed by atoms with Crippen molar-refractivity contribution in [2.45, 2.75) is 31.5 Å². The highest BCUT2D eigenvalue weighted by Gasteiger charge is 2.35. The molecule has 1 atom stereocenters. The van der Waals surface area contributed by atoms with Crippen LogP contribution in [0.3, 0.4) is 0 Å². The summed E-state index contributed by atoms with van der Waals surface area (Å²) in [6.45, 7) is 0. The molecule has 2 N–H and O–H groups in total. The van der Waals surface area contributed by atoms with Crippen molar-refractivity contribution in [2.24, 2.45) is 5.73 Å². The fourth-order valence-corrected chi connectivity index (χ4v) is 3.57. The van der Waals surface area contributed by atoms with Crippen LogP contribution in [0.4, 0.5) is 17.6 Å². The van der Waals surface area contributed by atoms with Crippen LogP contribution >= 0.6 is 11.6 Å². The van der Waals surface area contributed by atoms with Gasteiger partial charge in [0, 0.05) is 16.6 Å². The summed E-state index contributed by atoms with van der Waals surface area (Å²) in [6.07, 6.45) is -4.37. The predicted molar refractivity (Wildman–Crippen MR) is 107 cm³/mol. The Kier molecular flexibility index (Phi) is 6.60. The molecule has 3 aromatic rings. The summed E-state index contributed by atoms with van der Waals surface area (Å²) in [4.78, 5) is 0. The molecule has 6 heteroatoms. The zero-order valence-electron chi connectivity index (χ0n) is 15.5. The predicted octanol–water partition coefficient (Wildman–Crippen LogP) is 6.53. The van der Waals surface area contributed by atoms with E-state index in [-0.39, 0.29) is 30.4 Å². The zero-order valence-corrected chi connectivity index (χ0v) is 16.3. The van der Waals surface area contributed by atoms with Gasteiger partial charge in [0.05, 0.1) is 5.56 Å². The smallest absolute Gasteiger partial charge is 0.324 e. The molecule has 152 valence electrons. The molecular weight excluding hydrogens is 402 g/mol. The van der Waals surface area contributed by atoms with Gasteiger partial charge in [-0.05, 0) is 54.2 Å². The van der Waals surface area contributed by atoms with Crippen LogP contribution in [0.25, 0.3) is 0 Å². The number of hydrogen-bond donors (Lipinski definition) is 1. The second-order valence-electron chi connectivity index (χ2n) is 6.91. The molecule has 1 nitrogen and oxygen atoms in total. The lowest BCUT2D eigenvalue weighted by Crippen LogP contribution is -2.17. The number of nitrogens with two attached hydrogens (primary N) is 1. The molecule has 0 aliphatic rings. The molecule has 0 aliphatic heterocycles. The molecule has 0 heterocycles. The third-order valence-corrected chi connectivity index (χ3v) is 5.08. The number of rotatable bonds is 6. The van der Waals surface area contributed by atoms with Gasteiger partial charge >= 0.3 is 6.18 Å². The fourth-order valence-electron chi connectivity index (χ4n) is 3.35. The Hall–Kier alpha value is -2.37. The van der Waals surface area contributed by atoms with Crippen molar-refractivity contribution in [1.82, 2.24) is 0 Å². The fraction of sp³-hybridized carbons (Fsp3) is 0.217. The van der Waals surface area contributed by atoms with Crippen molar-refractivity contribution in [3.8, 4) is 0 Å². The summed E-state index contributed by atoms with van der Waals surface area (Å²) in [6, 6.07) is 17.5. The second-order valence-corrected chi connectivity index (χ2v) is 7.35. The van der Waals surface area contributed by atoms with Crippen molar-refractivity contribution >= 4 is 11.6 Å². The number of alkyl halides is 3. The molecule has 0 fully saturated rings. The summed E-state index contributed by atoms with van der Waals surface area (Å²) in [5.41, 5.74) is 6.58. The monoisotopic (exact) mass is 421 g/mol. The first-order valence-electron chi connectivity index (χ1n) is 9.18. The van der Waals surface area contributed by atoms with Crippen molar-refractivity contribution in [3.63, 3.8) is 0 Å². The summed E-state index contributed by atoms with van der Waals surface area (Å²) in [7, 11) is 0. The van der Waals surface area contributed by atoms with Gasteiger partial charge in [-0.1, -0.05) is 60.1 Å². The van der Waals surface area contributed by atoms with Crippen molar-refractivity contribution in [2.75, 3.05) is 0 Å². The van der Waals surface area contributed by atoms with Gasteiger partial charge in [0.25, 0.3) is 0 Å². The molecule has 0 unspecified atom stereocenters. The SMILES string of the molecule is N[C@H](Cc1ccc(C(F)(F)F)c(CCc2cccc(Cl)c2)c1F)c1ccccc1. The molecule has 0 saturated heterocycles. The first kappa shape index (κ1) is 21.3. The normalized spacial score (nSPS) is 12.8. The van der Waals surface area contributed by atoms with Gasteiger partial charge in [-0.25, -0.2) is 4.39 Å². The highest BCUT2D eigenvalue weighted by atomic mass is 35.5. The Labute approximate surface area is 172 Å². The molecule has 0 amide bonds. The van der Waals surface area contributed by atoms with Crippen molar-refractivity contribution < 1.29 is 17.6 Å². The highest BCUT2D eigenvalue weighted by molar-refractivity contribution is 6.30. The van der Waals surface area contributed by atoms with Crippen LogP contribution < -0.4 is 5.73 Å². The Morgan fingerprint density at radius 2 is 1.62 bits per heavy atom. The maximum absolute atomic E-state index is 15.1.